The molecule has 96 valence electrons. The number of rotatable bonds is 5. The average Bonchev–Trinajstić information content (AvgIpc) is 2.74. The van der Waals surface area contributed by atoms with Crippen molar-refractivity contribution in [3.8, 4) is 5.88 Å². The SMILES string of the molecule is COc1ccnc(NC(C)Cc2cc(C)[nH]n2)n1. The van der Waals surface area contributed by atoms with E-state index in [1.807, 2.05) is 13.0 Å². The number of aryl methyl sites for hydroxylation is 1. The van der Waals surface area contributed by atoms with Crippen molar-refractivity contribution in [2.45, 2.75) is 26.3 Å². The van der Waals surface area contributed by atoms with Crippen LogP contribution in [0.5, 0.6) is 5.88 Å². The van der Waals surface area contributed by atoms with E-state index >= 15 is 0 Å². The fourth-order valence-corrected chi connectivity index (χ4v) is 1.69. The number of hydrogen-bond acceptors (Lipinski definition) is 5. The van der Waals surface area contributed by atoms with Crippen molar-refractivity contribution in [1.29, 1.82) is 0 Å². The van der Waals surface area contributed by atoms with E-state index in [-0.39, 0.29) is 6.04 Å². The highest BCUT2D eigenvalue weighted by Gasteiger charge is 2.08. The number of aromatic nitrogens is 4. The number of hydrogen-bond donors (Lipinski definition) is 2. The van der Waals surface area contributed by atoms with Crippen LogP contribution in [-0.4, -0.2) is 33.3 Å². The average molecular weight is 247 g/mol. The van der Waals surface area contributed by atoms with Crippen LogP contribution in [0.25, 0.3) is 0 Å². The van der Waals surface area contributed by atoms with Gasteiger partial charge in [0.15, 0.2) is 0 Å². The van der Waals surface area contributed by atoms with Gasteiger partial charge in [-0.3, -0.25) is 5.10 Å². The topological polar surface area (TPSA) is 75.7 Å². The quantitative estimate of drug-likeness (QED) is 0.838. The smallest absolute Gasteiger partial charge is 0.226 e. The van der Waals surface area contributed by atoms with Crippen molar-refractivity contribution in [2.24, 2.45) is 0 Å². The second-order valence-electron chi connectivity index (χ2n) is 4.21. The number of nitrogens with zero attached hydrogens (tertiary/aromatic N) is 3. The van der Waals surface area contributed by atoms with Gasteiger partial charge in [0.1, 0.15) is 0 Å². The van der Waals surface area contributed by atoms with Crippen LogP contribution in [0, 0.1) is 6.92 Å². The van der Waals surface area contributed by atoms with Crippen LogP contribution >= 0.6 is 0 Å². The lowest BCUT2D eigenvalue weighted by Crippen LogP contribution is -2.20. The largest absolute Gasteiger partial charge is 0.481 e. The summed E-state index contributed by atoms with van der Waals surface area (Å²) in [4.78, 5) is 8.35. The number of methoxy groups -OCH3 is 1. The van der Waals surface area contributed by atoms with Crippen molar-refractivity contribution < 1.29 is 4.74 Å². The second-order valence-corrected chi connectivity index (χ2v) is 4.21. The van der Waals surface area contributed by atoms with Crippen LogP contribution in [-0.2, 0) is 6.42 Å². The normalized spacial score (nSPS) is 12.2. The van der Waals surface area contributed by atoms with Crippen molar-refractivity contribution in [3.05, 3.63) is 29.7 Å². The van der Waals surface area contributed by atoms with Crippen LogP contribution in [0.4, 0.5) is 5.95 Å². The molecular formula is C12H17N5O. The van der Waals surface area contributed by atoms with E-state index in [1.54, 1.807) is 19.4 Å². The maximum atomic E-state index is 5.05. The second kappa shape index (κ2) is 5.48. The van der Waals surface area contributed by atoms with Crippen LogP contribution in [0.1, 0.15) is 18.3 Å². The maximum Gasteiger partial charge on any atom is 0.226 e. The van der Waals surface area contributed by atoms with E-state index in [2.05, 4.69) is 32.4 Å². The van der Waals surface area contributed by atoms with Crippen molar-refractivity contribution >= 4 is 5.95 Å². The zero-order valence-electron chi connectivity index (χ0n) is 10.8. The molecule has 2 heterocycles. The fourth-order valence-electron chi connectivity index (χ4n) is 1.69. The Labute approximate surface area is 106 Å². The number of ether oxygens (including phenoxy) is 1. The van der Waals surface area contributed by atoms with Gasteiger partial charge in [0, 0.05) is 30.4 Å². The minimum atomic E-state index is 0.194. The van der Waals surface area contributed by atoms with Gasteiger partial charge in [0.2, 0.25) is 11.8 Å². The number of anilines is 1. The predicted molar refractivity (Wildman–Crippen MR) is 68.7 cm³/mol. The Hall–Kier alpha value is -2.11. The van der Waals surface area contributed by atoms with E-state index in [4.69, 9.17) is 4.74 Å². The summed E-state index contributed by atoms with van der Waals surface area (Å²) in [5.74, 6) is 1.12. The molecule has 0 aliphatic carbocycles. The molecule has 0 aromatic carbocycles. The number of aromatic amines is 1. The Morgan fingerprint density at radius 1 is 1.50 bits per heavy atom. The minimum absolute atomic E-state index is 0.194. The molecule has 0 aliphatic rings. The van der Waals surface area contributed by atoms with E-state index in [9.17, 15) is 0 Å². The van der Waals surface area contributed by atoms with Crippen molar-refractivity contribution in [1.82, 2.24) is 20.2 Å². The van der Waals surface area contributed by atoms with E-state index in [1.165, 1.54) is 0 Å². The third kappa shape index (κ3) is 3.19. The Kier molecular flexibility index (Phi) is 3.76. The molecule has 2 aromatic heterocycles. The molecule has 6 heteroatoms. The van der Waals surface area contributed by atoms with Crippen molar-refractivity contribution in [2.75, 3.05) is 12.4 Å². The van der Waals surface area contributed by atoms with Gasteiger partial charge >= 0.3 is 0 Å². The van der Waals surface area contributed by atoms with Gasteiger partial charge in [-0.1, -0.05) is 0 Å². The highest BCUT2D eigenvalue weighted by Crippen LogP contribution is 2.10. The van der Waals surface area contributed by atoms with Crippen LogP contribution in [0.3, 0.4) is 0 Å². The standard InChI is InChI=1S/C12H17N5O/c1-8(6-10-7-9(2)16-17-10)14-12-13-5-4-11(15-12)18-3/h4-5,7-8H,6H2,1-3H3,(H,16,17)(H,13,14,15). The summed E-state index contributed by atoms with van der Waals surface area (Å²) < 4.78 is 5.05. The summed E-state index contributed by atoms with van der Waals surface area (Å²) >= 11 is 0. The Morgan fingerprint density at radius 3 is 3.00 bits per heavy atom. The third-order valence-corrected chi connectivity index (χ3v) is 2.49. The monoisotopic (exact) mass is 247 g/mol. The summed E-state index contributed by atoms with van der Waals surface area (Å²) in [5.41, 5.74) is 2.09. The van der Waals surface area contributed by atoms with E-state index in [0.29, 0.717) is 11.8 Å². The summed E-state index contributed by atoms with van der Waals surface area (Å²) in [6, 6.07) is 3.94. The molecule has 0 saturated heterocycles. The first kappa shape index (κ1) is 12.3. The van der Waals surface area contributed by atoms with Gasteiger partial charge in [-0.25, -0.2) is 4.98 Å². The zero-order chi connectivity index (χ0) is 13.0. The number of H-pyrrole nitrogens is 1. The summed E-state index contributed by atoms with van der Waals surface area (Å²) in [5, 5.41) is 10.3. The molecule has 0 saturated carbocycles. The van der Waals surface area contributed by atoms with Crippen LogP contribution < -0.4 is 10.1 Å². The summed E-state index contributed by atoms with van der Waals surface area (Å²) in [6.07, 6.45) is 2.48. The van der Waals surface area contributed by atoms with E-state index < -0.39 is 0 Å². The molecule has 0 fully saturated rings. The number of nitrogens with one attached hydrogen (secondary N) is 2. The van der Waals surface area contributed by atoms with Gasteiger partial charge in [0.25, 0.3) is 0 Å². The first-order valence-electron chi connectivity index (χ1n) is 5.82. The Bertz CT molecular complexity index is 511. The summed E-state index contributed by atoms with van der Waals surface area (Å²) in [6.45, 7) is 4.05. The molecule has 0 aliphatic heterocycles. The predicted octanol–water partition coefficient (Wildman–Crippen LogP) is 1.56. The molecule has 0 spiro atoms. The van der Waals surface area contributed by atoms with Gasteiger partial charge in [0.05, 0.1) is 12.8 Å². The highest BCUT2D eigenvalue weighted by molar-refractivity contribution is 5.29. The molecule has 1 unspecified atom stereocenters. The lowest BCUT2D eigenvalue weighted by Gasteiger charge is -2.12. The first-order valence-corrected chi connectivity index (χ1v) is 5.82. The maximum absolute atomic E-state index is 5.05. The fraction of sp³-hybridized carbons (Fsp3) is 0.417. The third-order valence-electron chi connectivity index (χ3n) is 2.49. The lowest BCUT2D eigenvalue weighted by atomic mass is 10.2. The van der Waals surface area contributed by atoms with Gasteiger partial charge in [-0.2, -0.15) is 10.1 Å². The summed E-state index contributed by atoms with van der Waals surface area (Å²) in [7, 11) is 1.59. The molecule has 0 bridgehead atoms. The zero-order valence-corrected chi connectivity index (χ0v) is 10.8. The molecule has 2 N–H and O–H groups in total. The molecule has 2 rings (SSSR count). The lowest BCUT2D eigenvalue weighted by molar-refractivity contribution is 0.397. The van der Waals surface area contributed by atoms with Gasteiger partial charge in [-0.05, 0) is 19.9 Å². The van der Waals surface area contributed by atoms with E-state index in [0.717, 1.165) is 17.8 Å². The molecule has 18 heavy (non-hydrogen) atoms. The van der Waals surface area contributed by atoms with Gasteiger partial charge in [-0.15, -0.1) is 0 Å². The Balaban J connectivity index is 1.96. The van der Waals surface area contributed by atoms with Crippen LogP contribution in [0.15, 0.2) is 18.3 Å². The molecule has 1 atom stereocenters. The Morgan fingerprint density at radius 2 is 2.33 bits per heavy atom. The molecule has 0 radical (unpaired) electrons. The highest BCUT2D eigenvalue weighted by atomic mass is 16.5. The first-order chi connectivity index (χ1) is 8.67. The molecule has 0 amide bonds. The molecular weight excluding hydrogens is 230 g/mol. The molecule has 6 nitrogen and oxygen atoms in total. The molecule has 2 aromatic rings. The van der Waals surface area contributed by atoms with Crippen LogP contribution in [0.2, 0.25) is 0 Å². The van der Waals surface area contributed by atoms with Gasteiger partial charge < -0.3 is 10.1 Å². The minimum Gasteiger partial charge on any atom is -0.481 e. The van der Waals surface area contributed by atoms with Crippen molar-refractivity contribution in [3.63, 3.8) is 0 Å².